The van der Waals surface area contributed by atoms with Crippen LogP contribution in [-0.2, 0) is 11.3 Å². The highest BCUT2D eigenvalue weighted by Crippen LogP contribution is 2.31. The van der Waals surface area contributed by atoms with E-state index < -0.39 is 0 Å². The fourth-order valence-corrected chi connectivity index (χ4v) is 2.38. The average Bonchev–Trinajstić information content (AvgIpc) is 2.42. The summed E-state index contributed by atoms with van der Waals surface area (Å²) in [5, 5.41) is 0.568. The summed E-state index contributed by atoms with van der Waals surface area (Å²) < 4.78 is 5.05. The molecule has 15 heavy (non-hydrogen) atoms. The Morgan fingerprint density at radius 2 is 2.13 bits per heavy atom. The molecule has 0 spiro atoms. The van der Waals surface area contributed by atoms with Gasteiger partial charge in [0.05, 0.1) is 17.2 Å². The van der Waals surface area contributed by atoms with E-state index in [1.54, 1.807) is 21.2 Å². The molecule has 0 aromatic carbocycles. The van der Waals surface area contributed by atoms with E-state index in [1.165, 1.54) is 16.2 Å². The van der Waals surface area contributed by atoms with E-state index in [4.69, 9.17) is 10.5 Å². The summed E-state index contributed by atoms with van der Waals surface area (Å²) >= 11 is 1.42. The van der Waals surface area contributed by atoms with Crippen LogP contribution in [-0.4, -0.2) is 32.0 Å². The topological polar surface area (TPSA) is 55.6 Å². The predicted octanol–water partition coefficient (Wildman–Crippen LogP) is 1.49. The van der Waals surface area contributed by atoms with E-state index in [9.17, 15) is 4.79 Å². The van der Waals surface area contributed by atoms with Crippen LogP contribution in [0.15, 0.2) is 0 Å². The Labute approximate surface area is 93.6 Å². The number of nitrogens with two attached hydrogens (primary N) is 1. The summed E-state index contributed by atoms with van der Waals surface area (Å²) in [6, 6.07) is 0. The lowest BCUT2D eigenvalue weighted by Gasteiger charge is -2.10. The van der Waals surface area contributed by atoms with E-state index in [2.05, 4.69) is 0 Å². The molecule has 5 heteroatoms. The molecular formula is C10H16N2O2S. The number of carbonyl (C=O) groups excluding carboxylic acids is 1. The van der Waals surface area contributed by atoms with Crippen LogP contribution < -0.4 is 5.73 Å². The quantitative estimate of drug-likeness (QED) is 0.852. The monoisotopic (exact) mass is 228 g/mol. The van der Waals surface area contributed by atoms with E-state index in [0.717, 1.165) is 10.4 Å². The first kappa shape index (κ1) is 12.0. The van der Waals surface area contributed by atoms with Gasteiger partial charge in [-0.2, -0.15) is 0 Å². The molecule has 0 aliphatic carbocycles. The standard InChI is InChI=1S/C10H16N2O2S/c1-6-7(5-14-4)15-9(11)8(6)10(13)12(2)3/h5,11H2,1-4H3. The molecule has 0 bridgehead atoms. The van der Waals surface area contributed by atoms with Crippen molar-refractivity contribution in [3.63, 3.8) is 0 Å². The number of rotatable bonds is 3. The molecule has 1 rings (SSSR count). The van der Waals surface area contributed by atoms with Gasteiger partial charge in [0.1, 0.15) is 0 Å². The number of nitrogen functional groups attached to an aromatic ring is 1. The Balaban J connectivity index is 3.13. The summed E-state index contributed by atoms with van der Waals surface area (Å²) in [6.45, 7) is 2.40. The number of amides is 1. The third kappa shape index (κ3) is 2.30. The Kier molecular flexibility index (Phi) is 3.71. The SMILES string of the molecule is COCc1sc(N)c(C(=O)N(C)C)c1C. The van der Waals surface area contributed by atoms with E-state index in [-0.39, 0.29) is 5.91 Å². The van der Waals surface area contributed by atoms with Gasteiger partial charge in [0.15, 0.2) is 0 Å². The zero-order chi connectivity index (χ0) is 11.6. The van der Waals surface area contributed by atoms with Crippen LogP contribution in [0.3, 0.4) is 0 Å². The van der Waals surface area contributed by atoms with Crippen molar-refractivity contribution in [2.24, 2.45) is 0 Å². The summed E-state index contributed by atoms with van der Waals surface area (Å²) in [4.78, 5) is 14.4. The highest BCUT2D eigenvalue weighted by atomic mass is 32.1. The van der Waals surface area contributed by atoms with Gasteiger partial charge in [-0.15, -0.1) is 11.3 Å². The van der Waals surface area contributed by atoms with Crippen molar-refractivity contribution in [3.05, 3.63) is 16.0 Å². The lowest BCUT2D eigenvalue weighted by Crippen LogP contribution is -2.22. The van der Waals surface area contributed by atoms with Gasteiger partial charge >= 0.3 is 0 Å². The van der Waals surface area contributed by atoms with Gasteiger partial charge in [0.25, 0.3) is 5.91 Å². The Bertz CT molecular complexity index is 372. The second kappa shape index (κ2) is 4.63. The van der Waals surface area contributed by atoms with Crippen LogP contribution in [0.25, 0.3) is 0 Å². The maximum absolute atomic E-state index is 11.8. The molecule has 1 heterocycles. The first-order chi connectivity index (χ1) is 6.99. The smallest absolute Gasteiger partial charge is 0.256 e. The van der Waals surface area contributed by atoms with Crippen molar-refractivity contribution in [3.8, 4) is 0 Å². The van der Waals surface area contributed by atoms with Crippen molar-refractivity contribution in [1.29, 1.82) is 0 Å². The lowest BCUT2D eigenvalue weighted by molar-refractivity contribution is 0.0828. The largest absolute Gasteiger partial charge is 0.390 e. The highest BCUT2D eigenvalue weighted by Gasteiger charge is 2.20. The van der Waals surface area contributed by atoms with Crippen molar-refractivity contribution < 1.29 is 9.53 Å². The summed E-state index contributed by atoms with van der Waals surface area (Å²) in [6.07, 6.45) is 0. The fourth-order valence-electron chi connectivity index (χ4n) is 1.34. The van der Waals surface area contributed by atoms with Gasteiger partial charge in [-0.25, -0.2) is 0 Å². The van der Waals surface area contributed by atoms with Gasteiger partial charge in [0.2, 0.25) is 0 Å². The number of thiophene rings is 1. The average molecular weight is 228 g/mol. The van der Waals surface area contributed by atoms with E-state index >= 15 is 0 Å². The normalized spacial score (nSPS) is 10.4. The number of methoxy groups -OCH3 is 1. The zero-order valence-corrected chi connectivity index (χ0v) is 10.3. The molecule has 0 atom stereocenters. The Hall–Kier alpha value is -1.07. The minimum atomic E-state index is -0.0522. The molecule has 1 aromatic heterocycles. The molecule has 0 aliphatic heterocycles. The summed E-state index contributed by atoms with van der Waals surface area (Å²) in [5.41, 5.74) is 7.36. The number of carbonyl (C=O) groups is 1. The molecule has 0 radical (unpaired) electrons. The van der Waals surface area contributed by atoms with Crippen LogP contribution in [0.1, 0.15) is 20.8 Å². The number of nitrogens with zero attached hydrogens (tertiary/aromatic N) is 1. The van der Waals surface area contributed by atoms with Crippen molar-refractivity contribution in [1.82, 2.24) is 4.90 Å². The minimum Gasteiger partial charge on any atom is -0.390 e. The number of hydrogen-bond donors (Lipinski definition) is 1. The first-order valence-electron chi connectivity index (χ1n) is 4.57. The maximum Gasteiger partial charge on any atom is 0.256 e. The van der Waals surface area contributed by atoms with Crippen LogP contribution >= 0.6 is 11.3 Å². The predicted molar refractivity (Wildman–Crippen MR) is 62.2 cm³/mol. The molecule has 0 unspecified atom stereocenters. The second-order valence-electron chi connectivity index (χ2n) is 3.52. The molecule has 2 N–H and O–H groups in total. The zero-order valence-electron chi connectivity index (χ0n) is 9.46. The third-order valence-electron chi connectivity index (χ3n) is 2.17. The van der Waals surface area contributed by atoms with E-state index in [0.29, 0.717) is 17.2 Å². The minimum absolute atomic E-state index is 0.0522. The number of ether oxygens (including phenoxy) is 1. The van der Waals surface area contributed by atoms with Crippen LogP contribution in [0.2, 0.25) is 0 Å². The highest BCUT2D eigenvalue weighted by molar-refractivity contribution is 7.16. The molecule has 0 saturated carbocycles. The number of hydrogen-bond acceptors (Lipinski definition) is 4. The van der Waals surface area contributed by atoms with Crippen molar-refractivity contribution >= 4 is 22.2 Å². The van der Waals surface area contributed by atoms with Gasteiger partial charge in [-0.3, -0.25) is 4.79 Å². The molecular weight excluding hydrogens is 212 g/mol. The molecule has 1 aromatic rings. The van der Waals surface area contributed by atoms with Gasteiger partial charge in [-0.05, 0) is 12.5 Å². The fraction of sp³-hybridized carbons (Fsp3) is 0.500. The molecule has 0 fully saturated rings. The van der Waals surface area contributed by atoms with E-state index in [1.807, 2.05) is 6.92 Å². The van der Waals surface area contributed by atoms with Crippen molar-refractivity contribution in [2.75, 3.05) is 26.9 Å². The van der Waals surface area contributed by atoms with Crippen LogP contribution in [0.5, 0.6) is 0 Å². The lowest BCUT2D eigenvalue weighted by atomic mass is 10.1. The third-order valence-corrected chi connectivity index (χ3v) is 3.26. The Morgan fingerprint density at radius 1 is 1.53 bits per heavy atom. The second-order valence-corrected chi connectivity index (χ2v) is 4.66. The van der Waals surface area contributed by atoms with Crippen LogP contribution in [0, 0.1) is 6.92 Å². The Morgan fingerprint density at radius 3 is 2.60 bits per heavy atom. The summed E-state index contributed by atoms with van der Waals surface area (Å²) in [5.74, 6) is -0.0522. The number of anilines is 1. The first-order valence-corrected chi connectivity index (χ1v) is 5.39. The maximum atomic E-state index is 11.8. The molecule has 4 nitrogen and oxygen atoms in total. The van der Waals surface area contributed by atoms with Gasteiger partial charge < -0.3 is 15.4 Å². The van der Waals surface area contributed by atoms with Gasteiger partial charge in [-0.1, -0.05) is 0 Å². The molecule has 84 valence electrons. The molecule has 1 amide bonds. The van der Waals surface area contributed by atoms with Gasteiger partial charge in [0, 0.05) is 26.1 Å². The molecule has 0 aliphatic rings. The van der Waals surface area contributed by atoms with Crippen LogP contribution in [0.4, 0.5) is 5.00 Å². The summed E-state index contributed by atoms with van der Waals surface area (Å²) in [7, 11) is 5.06. The van der Waals surface area contributed by atoms with Crippen molar-refractivity contribution in [2.45, 2.75) is 13.5 Å². The molecule has 0 saturated heterocycles.